The van der Waals surface area contributed by atoms with E-state index in [2.05, 4.69) is 23.2 Å². The Morgan fingerprint density at radius 3 is 2.76 bits per heavy atom. The van der Waals surface area contributed by atoms with Crippen LogP contribution in [0.1, 0.15) is 29.9 Å². The monoisotopic (exact) mass is 228 g/mol. The average Bonchev–Trinajstić information content (AvgIpc) is 2.87. The summed E-state index contributed by atoms with van der Waals surface area (Å²) in [4.78, 5) is 4.13. The van der Waals surface area contributed by atoms with Gasteiger partial charge in [-0.3, -0.25) is 0 Å². The van der Waals surface area contributed by atoms with Crippen molar-refractivity contribution in [1.29, 1.82) is 0 Å². The summed E-state index contributed by atoms with van der Waals surface area (Å²) in [6.45, 7) is 0.352. The van der Waals surface area contributed by atoms with E-state index in [0.29, 0.717) is 12.4 Å². The lowest BCUT2D eigenvalue weighted by Gasteiger charge is -2.15. The molecule has 0 bridgehead atoms. The maximum atomic E-state index is 5.57. The van der Waals surface area contributed by atoms with Gasteiger partial charge in [-0.15, -0.1) is 0 Å². The summed E-state index contributed by atoms with van der Waals surface area (Å²) in [5.74, 6) is 1.41. The number of rotatable bonds is 2. The summed E-state index contributed by atoms with van der Waals surface area (Å²) in [5, 5.41) is 0. The fraction of sp³-hybridized carbons (Fsp3) is 0.357. The van der Waals surface area contributed by atoms with E-state index in [4.69, 9.17) is 10.2 Å². The molecule has 0 radical (unpaired) electrons. The van der Waals surface area contributed by atoms with Crippen LogP contribution < -0.4 is 5.73 Å². The van der Waals surface area contributed by atoms with E-state index < -0.39 is 0 Å². The average molecular weight is 228 g/mol. The molecule has 17 heavy (non-hydrogen) atoms. The molecule has 1 aliphatic rings. The maximum absolute atomic E-state index is 5.57. The van der Waals surface area contributed by atoms with E-state index in [0.717, 1.165) is 11.3 Å². The molecule has 0 amide bonds. The van der Waals surface area contributed by atoms with Gasteiger partial charge in [0, 0.05) is 5.56 Å². The van der Waals surface area contributed by atoms with E-state index >= 15 is 0 Å². The molecule has 88 valence electrons. The summed E-state index contributed by atoms with van der Waals surface area (Å²) < 4.78 is 5.57. The molecule has 0 unspecified atom stereocenters. The normalized spacial score (nSPS) is 14.6. The smallest absolute Gasteiger partial charge is 0.208 e. The van der Waals surface area contributed by atoms with Gasteiger partial charge in [-0.1, -0.05) is 12.1 Å². The standard InChI is InChI=1S/C14H16N2O/c15-8-14-16-9-13(17-14)12-6-5-10-3-1-2-4-11(10)7-12/h5-7,9H,1-4,8,15H2. The molecule has 0 spiro atoms. The van der Waals surface area contributed by atoms with Crippen molar-refractivity contribution in [3.63, 3.8) is 0 Å². The predicted octanol–water partition coefficient (Wildman–Crippen LogP) is 2.68. The van der Waals surface area contributed by atoms with Crippen LogP contribution >= 0.6 is 0 Å². The number of nitrogens with zero attached hydrogens (tertiary/aromatic N) is 1. The van der Waals surface area contributed by atoms with Gasteiger partial charge in [0.2, 0.25) is 5.89 Å². The zero-order valence-corrected chi connectivity index (χ0v) is 9.78. The van der Waals surface area contributed by atoms with Gasteiger partial charge < -0.3 is 10.2 Å². The van der Waals surface area contributed by atoms with Crippen molar-refractivity contribution in [2.45, 2.75) is 32.2 Å². The second-order valence-electron chi connectivity index (χ2n) is 4.51. The van der Waals surface area contributed by atoms with Crippen molar-refractivity contribution in [2.75, 3.05) is 0 Å². The molecule has 2 N–H and O–H groups in total. The zero-order chi connectivity index (χ0) is 11.7. The van der Waals surface area contributed by atoms with Crippen LogP contribution in [0.2, 0.25) is 0 Å². The molecule has 3 rings (SSSR count). The summed E-state index contributed by atoms with van der Waals surface area (Å²) in [6.07, 6.45) is 6.75. The first kappa shape index (κ1) is 10.5. The number of hydrogen-bond donors (Lipinski definition) is 1. The number of fused-ring (bicyclic) bond motifs is 1. The molecule has 3 heteroatoms. The van der Waals surface area contributed by atoms with Crippen LogP contribution in [-0.2, 0) is 19.4 Å². The number of aryl methyl sites for hydroxylation is 2. The largest absolute Gasteiger partial charge is 0.439 e. The van der Waals surface area contributed by atoms with Gasteiger partial charge >= 0.3 is 0 Å². The molecule has 1 aromatic heterocycles. The highest BCUT2D eigenvalue weighted by atomic mass is 16.4. The Bertz CT molecular complexity index is 531. The minimum absolute atomic E-state index is 0.352. The molecule has 0 fully saturated rings. The SMILES string of the molecule is NCc1ncc(-c2ccc3c(c2)CCCC3)o1. The Hall–Kier alpha value is -1.61. The molecule has 0 atom stereocenters. The summed E-state index contributed by atoms with van der Waals surface area (Å²) in [6, 6.07) is 6.56. The fourth-order valence-electron chi connectivity index (χ4n) is 2.42. The van der Waals surface area contributed by atoms with Crippen molar-refractivity contribution >= 4 is 0 Å². The van der Waals surface area contributed by atoms with E-state index in [1.807, 2.05) is 0 Å². The predicted molar refractivity (Wildman–Crippen MR) is 66.5 cm³/mol. The first-order chi connectivity index (χ1) is 8.36. The highest BCUT2D eigenvalue weighted by Crippen LogP contribution is 2.27. The highest BCUT2D eigenvalue weighted by Gasteiger charge is 2.12. The third-order valence-electron chi connectivity index (χ3n) is 3.36. The highest BCUT2D eigenvalue weighted by molar-refractivity contribution is 5.59. The molecular weight excluding hydrogens is 212 g/mol. The second-order valence-corrected chi connectivity index (χ2v) is 4.51. The Kier molecular flexibility index (Phi) is 2.69. The van der Waals surface area contributed by atoms with Gasteiger partial charge in [-0.2, -0.15) is 0 Å². The Morgan fingerprint density at radius 2 is 2.00 bits per heavy atom. The van der Waals surface area contributed by atoms with Crippen molar-refractivity contribution < 1.29 is 4.42 Å². The minimum atomic E-state index is 0.352. The van der Waals surface area contributed by atoms with Gasteiger partial charge in [-0.25, -0.2) is 4.98 Å². The number of oxazole rings is 1. The lowest BCUT2D eigenvalue weighted by molar-refractivity contribution is 0.509. The zero-order valence-electron chi connectivity index (χ0n) is 9.78. The van der Waals surface area contributed by atoms with Gasteiger partial charge in [0.25, 0.3) is 0 Å². The number of aromatic nitrogens is 1. The quantitative estimate of drug-likeness (QED) is 0.859. The van der Waals surface area contributed by atoms with Gasteiger partial charge in [-0.05, 0) is 42.9 Å². The molecule has 0 saturated carbocycles. The molecule has 1 heterocycles. The Balaban J connectivity index is 1.97. The molecule has 3 nitrogen and oxygen atoms in total. The Morgan fingerprint density at radius 1 is 1.18 bits per heavy atom. The van der Waals surface area contributed by atoms with Crippen LogP contribution in [0.25, 0.3) is 11.3 Å². The van der Waals surface area contributed by atoms with Crippen molar-refractivity contribution in [3.05, 3.63) is 41.4 Å². The van der Waals surface area contributed by atoms with Crippen LogP contribution in [0, 0.1) is 0 Å². The third-order valence-corrected chi connectivity index (χ3v) is 3.36. The molecule has 1 aliphatic carbocycles. The lowest BCUT2D eigenvalue weighted by Crippen LogP contribution is -2.02. The van der Waals surface area contributed by atoms with Crippen molar-refractivity contribution in [3.8, 4) is 11.3 Å². The molecule has 0 saturated heterocycles. The number of nitrogens with two attached hydrogens (primary N) is 1. The first-order valence-corrected chi connectivity index (χ1v) is 6.14. The van der Waals surface area contributed by atoms with E-state index in [9.17, 15) is 0 Å². The minimum Gasteiger partial charge on any atom is -0.439 e. The van der Waals surface area contributed by atoms with Crippen LogP contribution in [0.3, 0.4) is 0 Å². The molecular formula is C14H16N2O. The van der Waals surface area contributed by atoms with Crippen molar-refractivity contribution in [2.24, 2.45) is 5.73 Å². The first-order valence-electron chi connectivity index (χ1n) is 6.14. The topological polar surface area (TPSA) is 52.0 Å². The van der Waals surface area contributed by atoms with Crippen LogP contribution in [-0.4, -0.2) is 4.98 Å². The summed E-state index contributed by atoms with van der Waals surface area (Å²) >= 11 is 0. The summed E-state index contributed by atoms with van der Waals surface area (Å²) in [5.41, 5.74) is 9.55. The fourth-order valence-corrected chi connectivity index (χ4v) is 2.42. The van der Waals surface area contributed by atoms with Gasteiger partial charge in [0.15, 0.2) is 5.76 Å². The third kappa shape index (κ3) is 1.98. The second kappa shape index (κ2) is 4.34. The summed E-state index contributed by atoms with van der Waals surface area (Å²) in [7, 11) is 0. The van der Waals surface area contributed by atoms with Gasteiger partial charge in [0.1, 0.15) is 0 Å². The lowest BCUT2D eigenvalue weighted by atomic mass is 9.90. The van der Waals surface area contributed by atoms with Crippen LogP contribution in [0.4, 0.5) is 0 Å². The van der Waals surface area contributed by atoms with Gasteiger partial charge in [0.05, 0.1) is 12.7 Å². The number of hydrogen-bond acceptors (Lipinski definition) is 3. The van der Waals surface area contributed by atoms with Crippen LogP contribution in [0.5, 0.6) is 0 Å². The Labute approximate surface area is 101 Å². The van der Waals surface area contributed by atoms with Crippen molar-refractivity contribution in [1.82, 2.24) is 4.98 Å². The number of benzene rings is 1. The molecule has 1 aromatic carbocycles. The van der Waals surface area contributed by atoms with E-state index in [1.165, 1.54) is 36.8 Å². The van der Waals surface area contributed by atoms with E-state index in [1.54, 1.807) is 6.20 Å². The molecule has 2 aromatic rings. The maximum Gasteiger partial charge on any atom is 0.208 e. The van der Waals surface area contributed by atoms with Crippen LogP contribution in [0.15, 0.2) is 28.8 Å². The molecule has 0 aliphatic heterocycles. The van der Waals surface area contributed by atoms with E-state index in [-0.39, 0.29) is 0 Å².